The third-order valence-corrected chi connectivity index (χ3v) is 3.64. The smallest absolute Gasteiger partial charge is 0.253 e. The van der Waals surface area contributed by atoms with Crippen molar-refractivity contribution in [2.45, 2.75) is 13.1 Å². The lowest BCUT2D eigenvalue weighted by molar-refractivity contribution is 0.0785. The molecule has 2 aromatic rings. The lowest BCUT2D eigenvalue weighted by Gasteiger charge is -2.17. The van der Waals surface area contributed by atoms with Gasteiger partial charge in [0.2, 0.25) is 0 Å². The second-order valence-electron chi connectivity index (χ2n) is 4.69. The highest BCUT2D eigenvalue weighted by atomic mass is 79.9. The van der Waals surface area contributed by atoms with Gasteiger partial charge in [-0.05, 0) is 35.4 Å². The van der Waals surface area contributed by atoms with E-state index in [1.165, 1.54) is 0 Å². The van der Waals surface area contributed by atoms with Gasteiger partial charge in [0.05, 0.1) is 0 Å². The Balaban J connectivity index is 2.05. The summed E-state index contributed by atoms with van der Waals surface area (Å²) in [7, 11) is 1.81. The van der Waals surface area contributed by atoms with Crippen LogP contribution >= 0.6 is 15.9 Å². The summed E-state index contributed by atoms with van der Waals surface area (Å²) in [4.78, 5) is 14.0. The molecule has 4 heteroatoms. The average molecular weight is 333 g/mol. The quantitative estimate of drug-likeness (QED) is 0.934. The summed E-state index contributed by atoms with van der Waals surface area (Å²) in [5, 5.41) is 0. The Morgan fingerprint density at radius 3 is 2.15 bits per heavy atom. The summed E-state index contributed by atoms with van der Waals surface area (Å²) in [6.07, 6.45) is 0. The average Bonchev–Trinajstić information content (AvgIpc) is 2.49. The van der Waals surface area contributed by atoms with Gasteiger partial charge in [-0.1, -0.05) is 40.2 Å². The summed E-state index contributed by atoms with van der Waals surface area (Å²) < 4.78 is 1.03. The van der Waals surface area contributed by atoms with Crippen molar-refractivity contribution in [3.05, 3.63) is 69.7 Å². The maximum absolute atomic E-state index is 12.3. The molecule has 0 bridgehead atoms. The number of halogens is 1. The molecule has 0 saturated heterocycles. The zero-order chi connectivity index (χ0) is 14.5. The van der Waals surface area contributed by atoms with Crippen molar-refractivity contribution in [1.29, 1.82) is 0 Å². The zero-order valence-corrected chi connectivity index (χ0v) is 12.9. The highest BCUT2D eigenvalue weighted by Gasteiger charge is 2.11. The van der Waals surface area contributed by atoms with Gasteiger partial charge < -0.3 is 10.6 Å². The first-order chi connectivity index (χ1) is 9.60. The number of amides is 1. The summed E-state index contributed by atoms with van der Waals surface area (Å²) in [5.41, 5.74) is 8.36. The molecule has 0 saturated carbocycles. The number of nitrogens with zero attached hydrogens (tertiary/aromatic N) is 1. The van der Waals surface area contributed by atoms with Crippen LogP contribution < -0.4 is 5.73 Å². The molecule has 0 atom stereocenters. The van der Waals surface area contributed by atoms with E-state index in [4.69, 9.17) is 5.73 Å². The molecule has 20 heavy (non-hydrogen) atoms. The number of benzene rings is 2. The van der Waals surface area contributed by atoms with E-state index >= 15 is 0 Å². The second kappa shape index (κ2) is 6.68. The van der Waals surface area contributed by atoms with Crippen LogP contribution in [-0.2, 0) is 13.1 Å². The first-order valence-corrected chi connectivity index (χ1v) is 7.18. The number of carbonyl (C=O) groups is 1. The molecule has 0 aliphatic rings. The van der Waals surface area contributed by atoms with Gasteiger partial charge in [0.1, 0.15) is 0 Å². The lowest BCUT2D eigenvalue weighted by Crippen LogP contribution is -2.26. The van der Waals surface area contributed by atoms with Crippen molar-refractivity contribution in [3.63, 3.8) is 0 Å². The normalized spacial score (nSPS) is 10.3. The third kappa shape index (κ3) is 3.68. The number of rotatable bonds is 4. The maximum atomic E-state index is 12.3. The van der Waals surface area contributed by atoms with Crippen molar-refractivity contribution in [1.82, 2.24) is 4.90 Å². The number of carbonyl (C=O) groups excluding carboxylic acids is 1. The molecular weight excluding hydrogens is 316 g/mol. The number of hydrogen-bond donors (Lipinski definition) is 1. The van der Waals surface area contributed by atoms with E-state index in [-0.39, 0.29) is 5.91 Å². The fourth-order valence-electron chi connectivity index (χ4n) is 1.94. The minimum atomic E-state index is 0.0106. The van der Waals surface area contributed by atoms with Gasteiger partial charge >= 0.3 is 0 Å². The summed E-state index contributed by atoms with van der Waals surface area (Å²) in [6.45, 7) is 1.08. The van der Waals surface area contributed by atoms with E-state index in [2.05, 4.69) is 15.9 Å². The Labute approximate surface area is 127 Å². The van der Waals surface area contributed by atoms with Gasteiger partial charge in [0, 0.05) is 30.2 Å². The molecule has 0 aliphatic heterocycles. The minimum absolute atomic E-state index is 0.0106. The predicted octanol–water partition coefficient (Wildman–Crippen LogP) is 3.18. The zero-order valence-electron chi connectivity index (χ0n) is 11.3. The Kier molecular flexibility index (Phi) is 4.93. The Hall–Kier alpha value is -1.65. The molecular formula is C16H17BrN2O. The molecule has 2 aromatic carbocycles. The minimum Gasteiger partial charge on any atom is -0.337 e. The van der Waals surface area contributed by atoms with Crippen LogP contribution in [-0.4, -0.2) is 17.9 Å². The molecule has 0 aliphatic carbocycles. The van der Waals surface area contributed by atoms with Crippen LogP contribution in [0.15, 0.2) is 53.0 Å². The van der Waals surface area contributed by atoms with Crippen LogP contribution in [0.3, 0.4) is 0 Å². The van der Waals surface area contributed by atoms with Crippen LogP contribution in [0.2, 0.25) is 0 Å². The van der Waals surface area contributed by atoms with Gasteiger partial charge in [-0.2, -0.15) is 0 Å². The maximum Gasteiger partial charge on any atom is 0.253 e. The molecule has 1 amide bonds. The van der Waals surface area contributed by atoms with Crippen LogP contribution in [0.5, 0.6) is 0 Å². The number of nitrogens with two attached hydrogens (primary N) is 1. The summed E-state index contributed by atoms with van der Waals surface area (Å²) in [6, 6.07) is 15.4. The molecule has 0 radical (unpaired) electrons. The fourth-order valence-corrected chi connectivity index (χ4v) is 2.20. The van der Waals surface area contributed by atoms with Gasteiger partial charge in [0.15, 0.2) is 0 Å². The van der Waals surface area contributed by atoms with E-state index in [1.807, 2.05) is 48.5 Å². The number of hydrogen-bond acceptors (Lipinski definition) is 2. The van der Waals surface area contributed by atoms with Crippen LogP contribution in [0.4, 0.5) is 0 Å². The Bertz CT molecular complexity index is 578. The van der Waals surface area contributed by atoms with E-state index < -0.39 is 0 Å². The summed E-state index contributed by atoms with van der Waals surface area (Å²) in [5.74, 6) is 0.0106. The van der Waals surface area contributed by atoms with Crippen LogP contribution in [0, 0.1) is 0 Å². The molecule has 0 unspecified atom stereocenters. The van der Waals surface area contributed by atoms with E-state index in [0.717, 1.165) is 15.6 Å². The van der Waals surface area contributed by atoms with Crippen molar-refractivity contribution in [2.24, 2.45) is 5.73 Å². The Morgan fingerprint density at radius 2 is 1.60 bits per heavy atom. The van der Waals surface area contributed by atoms with Gasteiger partial charge in [-0.25, -0.2) is 0 Å². The van der Waals surface area contributed by atoms with Crippen molar-refractivity contribution in [2.75, 3.05) is 7.05 Å². The molecule has 0 aromatic heterocycles. The van der Waals surface area contributed by atoms with Gasteiger partial charge in [-0.15, -0.1) is 0 Å². The van der Waals surface area contributed by atoms with Crippen molar-refractivity contribution in [3.8, 4) is 0 Å². The summed E-state index contributed by atoms with van der Waals surface area (Å²) >= 11 is 3.40. The van der Waals surface area contributed by atoms with E-state index in [0.29, 0.717) is 18.7 Å². The SMILES string of the molecule is CN(Cc1ccc(Br)cc1)C(=O)c1ccc(CN)cc1. The topological polar surface area (TPSA) is 46.3 Å². The molecule has 104 valence electrons. The Morgan fingerprint density at radius 1 is 1.05 bits per heavy atom. The molecule has 2 rings (SSSR count). The standard InChI is InChI=1S/C16H17BrN2O/c1-19(11-13-4-8-15(17)9-5-13)16(20)14-6-2-12(10-18)3-7-14/h2-9H,10-11,18H2,1H3. The third-order valence-electron chi connectivity index (χ3n) is 3.12. The first-order valence-electron chi connectivity index (χ1n) is 6.39. The second-order valence-corrected chi connectivity index (χ2v) is 5.60. The van der Waals surface area contributed by atoms with Gasteiger partial charge in [0.25, 0.3) is 5.91 Å². The molecule has 3 nitrogen and oxygen atoms in total. The monoisotopic (exact) mass is 332 g/mol. The van der Waals surface area contributed by atoms with Crippen molar-refractivity contribution >= 4 is 21.8 Å². The highest BCUT2D eigenvalue weighted by molar-refractivity contribution is 9.10. The lowest BCUT2D eigenvalue weighted by atomic mass is 10.1. The van der Waals surface area contributed by atoms with Crippen molar-refractivity contribution < 1.29 is 4.79 Å². The molecule has 2 N–H and O–H groups in total. The molecule has 0 fully saturated rings. The van der Waals surface area contributed by atoms with E-state index in [1.54, 1.807) is 11.9 Å². The highest BCUT2D eigenvalue weighted by Crippen LogP contribution is 2.13. The predicted molar refractivity (Wildman–Crippen MR) is 84.3 cm³/mol. The first kappa shape index (κ1) is 14.8. The fraction of sp³-hybridized carbons (Fsp3) is 0.188. The van der Waals surface area contributed by atoms with Crippen LogP contribution in [0.1, 0.15) is 21.5 Å². The molecule has 0 spiro atoms. The largest absolute Gasteiger partial charge is 0.337 e. The molecule has 0 heterocycles. The van der Waals surface area contributed by atoms with Crippen LogP contribution in [0.25, 0.3) is 0 Å². The van der Waals surface area contributed by atoms with E-state index in [9.17, 15) is 4.79 Å². The van der Waals surface area contributed by atoms with Gasteiger partial charge in [-0.3, -0.25) is 4.79 Å².